The molecule has 3 aromatic carbocycles. The Labute approximate surface area is 201 Å². The van der Waals surface area contributed by atoms with E-state index in [1.807, 2.05) is 61.5 Å². The van der Waals surface area contributed by atoms with E-state index in [1.165, 1.54) is 10.5 Å². The number of likely N-dealkylation sites (N-methyl/N-ethyl adjacent to an activating group) is 1. The van der Waals surface area contributed by atoms with Crippen LogP contribution in [0.4, 0.5) is 0 Å². The lowest BCUT2D eigenvalue weighted by Gasteiger charge is -2.41. The van der Waals surface area contributed by atoms with Crippen LogP contribution >= 0.6 is 0 Å². The van der Waals surface area contributed by atoms with Crippen molar-refractivity contribution in [2.45, 2.75) is 44.6 Å². The van der Waals surface area contributed by atoms with Gasteiger partial charge in [0.05, 0.1) is 17.6 Å². The van der Waals surface area contributed by atoms with E-state index in [1.54, 1.807) is 13.1 Å². The third-order valence-corrected chi connectivity index (χ3v) is 6.71. The second kappa shape index (κ2) is 8.46. The first kappa shape index (κ1) is 23.3. The lowest BCUT2D eigenvalue weighted by molar-refractivity contribution is -0.130. The number of amides is 1. The second-order valence-electron chi connectivity index (χ2n) is 10.1. The summed E-state index contributed by atoms with van der Waals surface area (Å²) in [5.41, 5.74) is 10.8. The SMILES string of the molecule is CN1C(=O)[C@H](c2ccc(C(C)(C)C)cc2)[C@@](C)(c2cccc(-c3cccc(C#N)c3)c2)N=C1N. The van der Waals surface area contributed by atoms with Gasteiger partial charge in [-0.05, 0) is 58.4 Å². The number of nitrogens with two attached hydrogens (primary N) is 1. The number of guanidine groups is 1. The molecule has 1 heterocycles. The number of nitrogens with zero attached hydrogens (tertiary/aromatic N) is 3. The van der Waals surface area contributed by atoms with E-state index in [0.29, 0.717) is 5.56 Å². The third-order valence-electron chi connectivity index (χ3n) is 6.71. The largest absolute Gasteiger partial charge is 0.369 e. The Morgan fingerprint density at radius 2 is 1.62 bits per heavy atom. The molecule has 1 aliphatic heterocycles. The Bertz CT molecular complexity index is 1310. The number of carbonyl (C=O) groups is 1. The topological polar surface area (TPSA) is 82.5 Å². The molecule has 2 N–H and O–H groups in total. The molecule has 0 aliphatic carbocycles. The lowest BCUT2D eigenvalue weighted by atomic mass is 9.73. The van der Waals surface area contributed by atoms with E-state index < -0.39 is 11.5 Å². The summed E-state index contributed by atoms with van der Waals surface area (Å²) in [7, 11) is 1.67. The van der Waals surface area contributed by atoms with Crippen LogP contribution in [-0.4, -0.2) is 23.8 Å². The maximum absolute atomic E-state index is 13.6. The number of aliphatic imine (C=N–C) groups is 1. The van der Waals surface area contributed by atoms with Crippen molar-refractivity contribution < 1.29 is 4.79 Å². The molecule has 5 heteroatoms. The highest BCUT2D eigenvalue weighted by atomic mass is 16.2. The van der Waals surface area contributed by atoms with Gasteiger partial charge in [0.2, 0.25) is 5.91 Å². The van der Waals surface area contributed by atoms with Crippen LogP contribution in [0.3, 0.4) is 0 Å². The van der Waals surface area contributed by atoms with Crippen molar-refractivity contribution in [1.29, 1.82) is 5.26 Å². The van der Waals surface area contributed by atoms with Crippen LogP contribution < -0.4 is 5.73 Å². The molecule has 0 saturated carbocycles. The van der Waals surface area contributed by atoms with Gasteiger partial charge in [-0.25, -0.2) is 4.99 Å². The van der Waals surface area contributed by atoms with Gasteiger partial charge in [-0.3, -0.25) is 9.69 Å². The van der Waals surface area contributed by atoms with Gasteiger partial charge >= 0.3 is 0 Å². The number of hydrogen-bond acceptors (Lipinski definition) is 4. The van der Waals surface area contributed by atoms with Gasteiger partial charge < -0.3 is 5.73 Å². The van der Waals surface area contributed by atoms with Gasteiger partial charge in [0.15, 0.2) is 5.96 Å². The fourth-order valence-electron chi connectivity index (χ4n) is 4.58. The lowest BCUT2D eigenvalue weighted by Crippen LogP contribution is -2.52. The summed E-state index contributed by atoms with van der Waals surface area (Å²) >= 11 is 0. The van der Waals surface area contributed by atoms with E-state index >= 15 is 0 Å². The van der Waals surface area contributed by atoms with Gasteiger partial charge in [-0.2, -0.15) is 5.26 Å². The van der Waals surface area contributed by atoms with E-state index in [2.05, 4.69) is 39.0 Å². The van der Waals surface area contributed by atoms with Crippen LogP contribution in [0.2, 0.25) is 0 Å². The van der Waals surface area contributed by atoms with Gasteiger partial charge in [-0.1, -0.05) is 75.4 Å². The number of rotatable bonds is 3. The predicted molar refractivity (Wildman–Crippen MR) is 136 cm³/mol. The molecule has 4 rings (SSSR count). The maximum Gasteiger partial charge on any atom is 0.239 e. The molecule has 0 aromatic heterocycles. The van der Waals surface area contributed by atoms with Gasteiger partial charge in [-0.15, -0.1) is 0 Å². The molecule has 0 radical (unpaired) electrons. The van der Waals surface area contributed by atoms with Crippen LogP contribution in [0.5, 0.6) is 0 Å². The molecule has 0 saturated heterocycles. The number of carbonyl (C=O) groups excluding carboxylic acids is 1. The summed E-state index contributed by atoms with van der Waals surface area (Å²) in [5, 5.41) is 9.30. The summed E-state index contributed by atoms with van der Waals surface area (Å²) < 4.78 is 0. The van der Waals surface area contributed by atoms with Crippen molar-refractivity contribution >= 4 is 11.9 Å². The highest BCUT2D eigenvalue weighted by Gasteiger charge is 2.47. The zero-order chi connectivity index (χ0) is 24.7. The van der Waals surface area contributed by atoms with Gasteiger partial charge in [0, 0.05) is 7.05 Å². The Kier molecular flexibility index (Phi) is 5.79. The molecule has 3 aromatic rings. The van der Waals surface area contributed by atoms with Crippen molar-refractivity contribution in [3.05, 3.63) is 95.1 Å². The highest BCUT2D eigenvalue weighted by molar-refractivity contribution is 6.02. The molecule has 0 bridgehead atoms. The zero-order valence-corrected chi connectivity index (χ0v) is 20.3. The Balaban J connectivity index is 1.85. The summed E-state index contributed by atoms with van der Waals surface area (Å²) in [6.45, 7) is 8.48. The molecule has 1 amide bonds. The molecule has 2 atom stereocenters. The van der Waals surface area contributed by atoms with E-state index in [9.17, 15) is 10.1 Å². The molecular weight excluding hydrogens is 420 g/mol. The summed E-state index contributed by atoms with van der Waals surface area (Å²) in [4.78, 5) is 19.9. The number of nitriles is 1. The molecule has 0 unspecified atom stereocenters. The quantitative estimate of drug-likeness (QED) is 0.587. The smallest absolute Gasteiger partial charge is 0.239 e. The molecule has 1 aliphatic rings. The summed E-state index contributed by atoms with van der Waals surface area (Å²) in [5.74, 6) is -0.415. The Morgan fingerprint density at radius 1 is 1.00 bits per heavy atom. The average molecular weight is 451 g/mol. The Morgan fingerprint density at radius 3 is 2.24 bits per heavy atom. The van der Waals surface area contributed by atoms with Gasteiger partial charge in [0.25, 0.3) is 0 Å². The minimum atomic E-state index is -0.889. The molecule has 5 nitrogen and oxygen atoms in total. The maximum atomic E-state index is 13.6. The second-order valence-corrected chi connectivity index (χ2v) is 10.1. The standard InChI is InChI=1S/C29H30N4O/c1-28(2,3)23-14-12-20(13-15-23)25-26(34)33(5)27(31)32-29(25,4)24-11-7-10-22(17-24)21-9-6-8-19(16-21)18-30/h6-17,25H,1-5H3,(H2,31,32)/t25-,29+/m0/s1. The monoisotopic (exact) mass is 450 g/mol. The molecular formula is C29H30N4O. The first-order chi connectivity index (χ1) is 16.0. The highest BCUT2D eigenvalue weighted by Crippen LogP contribution is 2.45. The molecule has 34 heavy (non-hydrogen) atoms. The predicted octanol–water partition coefficient (Wildman–Crippen LogP) is 5.31. The minimum Gasteiger partial charge on any atom is -0.369 e. The normalized spacial score (nSPS) is 20.6. The van der Waals surface area contributed by atoms with Crippen molar-refractivity contribution in [2.75, 3.05) is 7.05 Å². The van der Waals surface area contributed by atoms with Crippen LogP contribution in [0.15, 0.2) is 77.8 Å². The third kappa shape index (κ3) is 4.08. The van der Waals surface area contributed by atoms with Crippen LogP contribution in [-0.2, 0) is 15.7 Å². The molecule has 172 valence electrons. The van der Waals surface area contributed by atoms with E-state index in [-0.39, 0.29) is 17.3 Å². The van der Waals surface area contributed by atoms with Crippen molar-refractivity contribution in [1.82, 2.24) is 4.90 Å². The van der Waals surface area contributed by atoms with Crippen molar-refractivity contribution in [2.24, 2.45) is 10.7 Å². The molecule has 0 fully saturated rings. The number of hydrogen-bond donors (Lipinski definition) is 1. The van der Waals surface area contributed by atoms with Crippen LogP contribution in [0, 0.1) is 11.3 Å². The number of benzene rings is 3. The van der Waals surface area contributed by atoms with Crippen LogP contribution in [0.1, 0.15) is 55.9 Å². The molecule has 0 spiro atoms. The fourth-order valence-corrected chi connectivity index (χ4v) is 4.58. The Hall–Kier alpha value is -3.91. The zero-order valence-electron chi connectivity index (χ0n) is 20.3. The first-order valence-electron chi connectivity index (χ1n) is 11.4. The van der Waals surface area contributed by atoms with Crippen molar-refractivity contribution in [3.63, 3.8) is 0 Å². The average Bonchev–Trinajstić information content (AvgIpc) is 2.82. The minimum absolute atomic E-state index is 0.0179. The first-order valence-corrected chi connectivity index (χ1v) is 11.4. The van der Waals surface area contributed by atoms with E-state index in [4.69, 9.17) is 10.7 Å². The fraction of sp³-hybridized carbons (Fsp3) is 0.276. The summed E-state index contributed by atoms with van der Waals surface area (Å²) in [6, 6.07) is 25.9. The van der Waals surface area contributed by atoms with E-state index in [0.717, 1.165) is 22.3 Å². The van der Waals surface area contributed by atoms with Gasteiger partial charge in [0.1, 0.15) is 5.54 Å². The summed E-state index contributed by atoms with van der Waals surface area (Å²) in [6.07, 6.45) is 0. The van der Waals surface area contributed by atoms with Crippen molar-refractivity contribution in [3.8, 4) is 17.2 Å². The van der Waals surface area contributed by atoms with Crippen LogP contribution in [0.25, 0.3) is 11.1 Å².